The third-order valence-corrected chi connectivity index (χ3v) is 7.40. The summed E-state index contributed by atoms with van der Waals surface area (Å²) in [5.41, 5.74) is 0. The highest BCUT2D eigenvalue weighted by Gasteiger charge is 2.28. The van der Waals surface area contributed by atoms with Crippen LogP contribution in [-0.4, -0.2) is 14.9 Å². The molecule has 0 aliphatic rings. The first-order valence-electron chi connectivity index (χ1n) is 4.57. The van der Waals surface area contributed by atoms with E-state index in [1.54, 1.807) is 0 Å². The Bertz CT molecular complexity index is 135. The van der Waals surface area contributed by atoms with Crippen LogP contribution in [0.2, 0.25) is 18.1 Å². The van der Waals surface area contributed by atoms with Crippen LogP contribution in [0.15, 0.2) is 10.2 Å². The van der Waals surface area contributed by atoms with Crippen molar-refractivity contribution < 1.29 is 4.43 Å². The molecule has 0 unspecified atom stereocenters. The van der Waals surface area contributed by atoms with Gasteiger partial charge in [0.25, 0.3) is 0 Å². The summed E-state index contributed by atoms with van der Waals surface area (Å²) >= 11 is 2.23. The third-order valence-electron chi connectivity index (χ3n) is 2.47. The number of rotatable bonds is 6. The molecule has 3 heteroatoms. The van der Waals surface area contributed by atoms with Crippen LogP contribution in [0.4, 0.5) is 0 Å². The molecular weight excluding hydrogens is 279 g/mol. The van der Waals surface area contributed by atoms with E-state index in [9.17, 15) is 0 Å². The van der Waals surface area contributed by atoms with Crippen LogP contribution in [0, 0.1) is 0 Å². The van der Waals surface area contributed by atoms with Gasteiger partial charge >= 0.3 is 0 Å². The monoisotopic (exact) mass is 298 g/mol. The average molecular weight is 298 g/mol. The molecule has 0 aromatic heterocycles. The molecule has 0 radical (unpaired) electrons. The molecule has 0 saturated carbocycles. The molecule has 0 saturated heterocycles. The van der Waals surface area contributed by atoms with Crippen LogP contribution >= 0.6 is 22.6 Å². The van der Waals surface area contributed by atoms with Crippen molar-refractivity contribution in [1.29, 1.82) is 0 Å². The van der Waals surface area contributed by atoms with Crippen LogP contribution < -0.4 is 0 Å². The molecule has 0 N–H and O–H groups in total. The zero-order chi connectivity index (χ0) is 9.61. The molecule has 0 bridgehead atoms. The highest BCUT2D eigenvalue weighted by molar-refractivity contribution is 14.1. The van der Waals surface area contributed by atoms with Crippen molar-refractivity contribution >= 4 is 30.9 Å². The minimum Gasteiger partial charge on any atom is -0.412 e. The third kappa shape index (κ3) is 4.05. The summed E-state index contributed by atoms with van der Waals surface area (Å²) < 4.78 is 7.08. The van der Waals surface area contributed by atoms with E-state index in [0.717, 1.165) is 10.2 Å². The molecular formula is C9H19IOSi. The standard InChI is InChI=1S/C9H19IOSi/c1-5-12(6-2,7-3)11-8-9(4)10/h4-8H2,1-3H3. The fourth-order valence-corrected chi connectivity index (χ4v) is 4.33. The van der Waals surface area contributed by atoms with Gasteiger partial charge < -0.3 is 4.43 Å². The average Bonchev–Trinajstić information content (AvgIpc) is 2.08. The molecule has 0 aromatic carbocycles. The SMILES string of the molecule is C=C(I)CO[Si](CC)(CC)CC. The fraction of sp³-hybridized carbons (Fsp3) is 0.778. The minimum absolute atomic E-state index is 0.752. The number of hydrogen-bond donors (Lipinski definition) is 0. The Labute approximate surface area is 90.8 Å². The topological polar surface area (TPSA) is 9.23 Å². The van der Waals surface area contributed by atoms with Gasteiger partial charge in [-0.25, -0.2) is 0 Å². The van der Waals surface area contributed by atoms with Gasteiger partial charge in [0.2, 0.25) is 0 Å². The number of halogens is 1. The highest BCUT2D eigenvalue weighted by Crippen LogP contribution is 2.22. The summed E-state index contributed by atoms with van der Waals surface area (Å²) in [6.07, 6.45) is 0. The van der Waals surface area contributed by atoms with Gasteiger partial charge in [-0.05, 0) is 40.7 Å². The van der Waals surface area contributed by atoms with Gasteiger partial charge in [-0.2, -0.15) is 0 Å². The first-order chi connectivity index (χ1) is 5.60. The van der Waals surface area contributed by atoms with Crippen molar-refractivity contribution in [1.82, 2.24) is 0 Å². The van der Waals surface area contributed by atoms with Gasteiger partial charge in [0.15, 0.2) is 8.32 Å². The lowest BCUT2D eigenvalue weighted by Crippen LogP contribution is -2.36. The first kappa shape index (κ1) is 12.6. The Kier molecular flexibility index (Phi) is 6.49. The van der Waals surface area contributed by atoms with Crippen LogP contribution in [0.25, 0.3) is 0 Å². The maximum atomic E-state index is 5.97. The lowest BCUT2D eigenvalue weighted by atomic mass is 10.7. The van der Waals surface area contributed by atoms with Gasteiger partial charge in [-0.15, -0.1) is 0 Å². The predicted molar refractivity (Wildman–Crippen MR) is 66.3 cm³/mol. The van der Waals surface area contributed by atoms with E-state index in [1.165, 1.54) is 18.1 Å². The van der Waals surface area contributed by atoms with E-state index in [-0.39, 0.29) is 0 Å². The predicted octanol–water partition coefficient (Wildman–Crippen LogP) is 3.96. The Balaban J connectivity index is 4.01. The molecule has 0 spiro atoms. The Morgan fingerprint density at radius 3 is 1.92 bits per heavy atom. The zero-order valence-corrected chi connectivity index (χ0v) is 11.5. The molecule has 0 amide bonds. The van der Waals surface area contributed by atoms with E-state index in [1.807, 2.05) is 0 Å². The zero-order valence-electron chi connectivity index (χ0n) is 8.32. The second-order valence-corrected chi connectivity index (χ2v) is 9.35. The maximum absolute atomic E-state index is 5.97. The maximum Gasteiger partial charge on any atom is 0.192 e. The van der Waals surface area contributed by atoms with E-state index >= 15 is 0 Å². The minimum atomic E-state index is -1.35. The first-order valence-corrected chi connectivity index (χ1v) is 8.18. The summed E-state index contributed by atoms with van der Waals surface area (Å²) in [6, 6.07) is 3.68. The van der Waals surface area contributed by atoms with Crippen LogP contribution in [0.5, 0.6) is 0 Å². The lowest BCUT2D eigenvalue weighted by Gasteiger charge is -2.27. The van der Waals surface area contributed by atoms with Crippen LogP contribution in [-0.2, 0) is 4.43 Å². The smallest absolute Gasteiger partial charge is 0.192 e. The van der Waals surface area contributed by atoms with Crippen molar-refractivity contribution in [2.75, 3.05) is 6.61 Å². The second-order valence-electron chi connectivity index (χ2n) is 3.05. The Morgan fingerprint density at radius 2 is 1.67 bits per heavy atom. The number of hydrogen-bond acceptors (Lipinski definition) is 1. The van der Waals surface area contributed by atoms with Crippen molar-refractivity contribution in [3.05, 3.63) is 10.2 Å². The van der Waals surface area contributed by atoms with E-state index in [4.69, 9.17) is 4.43 Å². The van der Waals surface area contributed by atoms with Crippen molar-refractivity contribution in [2.24, 2.45) is 0 Å². The van der Waals surface area contributed by atoms with Gasteiger partial charge in [0.05, 0.1) is 6.61 Å². The van der Waals surface area contributed by atoms with Gasteiger partial charge in [0, 0.05) is 3.58 Å². The summed E-state index contributed by atoms with van der Waals surface area (Å²) in [4.78, 5) is 0. The summed E-state index contributed by atoms with van der Waals surface area (Å²) in [5.74, 6) is 0. The fourth-order valence-electron chi connectivity index (χ4n) is 1.29. The second kappa shape index (κ2) is 6.15. The summed E-state index contributed by atoms with van der Waals surface area (Å²) in [5, 5.41) is 0. The Hall–Kier alpha value is 0.647. The summed E-state index contributed by atoms with van der Waals surface area (Å²) in [6.45, 7) is 11.3. The molecule has 0 aromatic rings. The van der Waals surface area contributed by atoms with Crippen molar-refractivity contribution in [3.8, 4) is 0 Å². The van der Waals surface area contributed by atoms with Crippen molar-refractivity contribution in [2.45, 2.75) is 38.9 Å². The molecule has 0 aliphatic heterocycles. The molecule has 72 valence electrons. The molecule has 0 heterocycles. The lowest BCUT2D eigenvalue weighted by molar-refractivity contribution is 0.342. The van der Waals surface area contributed by atoms with Gasteiger partial charge in [-0.1, -0.05) is 27.4 Å². The van der Waals surface area contributed by atoms with E-state index in [2.05, 4.69) is 49.9 Å². The van der Waals surface area contributed by atoms with Crippen LogP contribution in [0.3, 0.4) is 0 Å². The normalized spacial score (nSPS) is 11.7. The largest absolute Gasteiger partial charge is 0.412 e. The Morgan fingerprint density at radius 1 is 1.25 bits per heavy atom. The van der Waals surface area contributed by atoms with E-state index in [0.29, 0.717) is 0 Å². The van der Waals surface area contributed by atoms with Gasteiger partial charge in [0.1, 0.15) is 0 Å². The summed E-state index contributed by atoms with van der Waals surface area (Å²) in [7, 11) is -1.35. The van der Waals surface area contributed by atoms with Crippen LogP contribution in [0.1, 0.15) is 20.8 Å². The molecule has 12 heavy (non-hydrogen) atoms. The quantitative estimate of drug-likeness (QED) is 0.533. The molecule has 0 rings (SSSR count). The van der Waals surface area contributed by atoms with Crippen molar-refractivity contribution in [3.63, 3.8) is 0 Å². The molecule has 0 fully saturated rings. The molecule has 0 atom stereocenters. The highest BCUT2D eigenvalue weighted by atomic mass is 127. The van der Waals surface area contributed by atoms with Gasteiger partial charge in [-0.3, -0.25) is 0 Å². The molecule has 1 nitrogen and oxygen atoms in total. The van der Waals surface area contributed by atoms with E-state index < -0.39 is 8.32 Å². The molecule has 0 aliphatic carbocycles.